The molecule has 0 spiro atoms. The van der Waals surface area contributed by atoms with Crippen LogP contribution in [-0.2, 0) is 0 Å². The van der Waals surface area contributed by atoms with E-state index in [0.29, 0.717) is 11.3 Å². The Morgan fingerprint density at radius 3 is 2.71 bits per heavy atom. The zero-order valence-corrected chi connectivity index (χ0v) is 9.65. The molecule has 6 heteroatoms. The summed E-state index contributed by atoms with van der Waals surface area (Å²) in [4.78, 5) is 19.7. The summed E-state index contributed by atoms with van der Waals surface area (Å²) in [6.07, 6.45) is 3.12. The topological polar surface area (TPSA) is 94.9 Å². The van der Waals surface area contributed by atoms with E-state index in [0.717, 1.165) is 9.92 Å². The quantitative estimate of drug-likeness (QED) is 0.629. The van der Waals surface area contributed by atoms with E-state index in [9.17, 15) is 4.79 Å². The molecule has 0 aliphatic rings. The number of nitrogens with zero attached hydrogens (tertiary/aromatic N) is 2. The Morgan fingerprint density at radius 2 is 2.12 bits per heavy atom. The van der Waals surface area contributed by atoms with E-state index in [-0.39, 0.29) is 0 Å². The van der Waals surface area contributed by atoms with Gasteiger partial charge in [-0.15, -0.1) is 0 Å². The molecule has 2 aromatic rings. The minimum atomic E-state index is -0.490. The summed E-state index contributed by atoms with van der Waals surface area (Å²) >= 11 is 1.41. The molecule has 1 aromatic heterocycles. The normalized spacial score (nSPS) is 10.1. The van der Waals surface area contributed by atoms with Crippen molar-refractivity contribution >= 4 is 23.4 Å². The maximum absolute atomic E-state index is 11.0. The molecule has 0 fully saturated rings. The van der Waals surface area contributed by atoms with E-state index in [2.05, 4.69) is 9.97 Å². The van der Waals surface area contributed by atoms with Gasteiger partial charge < -0.3 is 11.5 Å². The van der Waals surface area contributed by atoms with Crippen molar-refractivity contribution < 1.29 is 4.79 Å². The molecule has 5 nitrogen and oxygen atoms in total. The number of rotatable bonds is 3. The molecule has 1 heterocycles. The third-order valence-corrected chi connectivity index (χ3v) is 3.11. The van der Waals surface area contributed by atoms with Gasteiger partial charge >= 0.3 is 0 Å². The minimum absolute atomic E-state index is 0.398. The maximum atomic E-state index is 11.0. The molecule has 2 rings (SSSR count). The molecule has 0 saturated carbocycles. The van der Waals surface area contributed by atoms with Gasteiger partial charge in [0.25, 0.3) is 0 Å². The second-order valence-corrected chi connectivity index (χ2v) is 4.33. The van der Waals surface area contributed by atoms with Crippen molar-refractivity contribution in [3.05, 3.63) is 42.4 Å². The van der Waals surface area contributed by atoms with E-state index in [1.807, 2.05) is 0 Å². The molecule has 1 amide bonds. The van der Waals surface area contributed by atoms with Crippen molar-refractivity contribution in [2.75, 3.05) is 5.73 Å². The lowest BCUT2D eigenvalue weighted by Crippen LogP contribution is -2.11. The first-order valence-electron chi connectivity index (χ1n) is 4.80. The zero-order valence-electron chi connectivity index (χ0n) is 8.83. The SMILES string of the molecule is NC(=O)c1ccc(Sc2ccncn2)c(N)c1. The second kappa shape index (κ2) is 4.84. The highest BCUT2D eigenvalue weighted by Crippen LogP contribution is 2.30. The summed E-state index contributed by atoms with van der Waals surface area (Å²) in [5.41, 5.74) is 11.9. The minimum Gasteiger partial charge on any atom is -0.398 e. The third kappa shape index (κ3) is 2.73. The number of carbonyl (C=O) groups is 1. The van der Waals surface area contributed by atoms with Crippen LogP contribution in [0.1, 0.15) is 10.4 Å². The Morgan fingerprint density at radius 1 is 1.29 bits per heavy atom. The Bertz CT molecular complexity index is 544. The van der Waals surface area contributed by atoms with Crippen molar-refractivity contribution in [1.82, 2.24) is 9.97 Å². The zero-order chi connectivity index (χ0) is 12.3. The highest BCUT2D eigenvalue weighted by atomic mass is 32.2. The van der Waals surface area contributed by atoms with Crippen LogP contribution in [-0.4, -0.2) is 15.9 Å². The van der Waals surface area contributed by atoms with E-state index in [1.165, 1.54) is 18.1 Å². The van der Waals surface area contributed by atoms with E-state index < -0.39 is 5.91 Å². The summed E-state index contributed by atoms with van der Waals surface area (Å²) in [5, 5.41) is 0.790. The number of anilines is 1. The number of aromatic nitrogens is 2. The fourth-order valence-electron chi connectivity index (χ4n) is 1.25. The van der Waals surface area contributed by atoms with Gasteiger partial charge in [0.2, 0.25) is 5.91 Å². The lowest BCUT2D eigenvalue weighted by molar-refractivity contribution is 0.100. The molecular formula is C11H10N4OS. The number of nitrogen functional groups attached to an aromatic ring is 1. The van der Waals surface area contributed by atoms with Gasteiger partial charge in [0.15, 0.2) is 0 Å². The summed E-state index contributed by atoms with van der Waals surface area (Å²) in [7, 11) is 0. The van der Waals surface area contributed by atoms with Crippen LogP contribution in [0.3, 0.4) is 0 Å². The lowest BCUT2D eigenvalue weighted by atomic mass is 10.2. The standard InChI is InChI=1S/C11H10N4OS/c12-8-5-7(11(13)16)1-2-9(8)17-10-3-4-14-6-15-10/h1-6H,12H2,(H2,13,16). The number of primary amides is 1. The van der Waals surface area contributed by atoms with Crippen LogP contribution in [0.25, 0.3) is 0 Å². The van der Waals surface area contributed by atoms with Gasteiger partial charge in [0.05, 0.1) is 0 Å². The van der Waals surface area contributed by atoms with Gasteiger partial charge in [0, 0.05) is 22.3 Å². The van der Waals surface area contributed by atoms with Crippen molar-refractivity contribution in [2.24, 2.45) is 5.73 Å². The highest BCUT2D eigenvalue weighted by Gasteiger charge is 2.06. The Hall–Kier alpha value is -2.08. The van der Waals surface area contributed by atoms with Gasteiger partial charge in [-0.1, -0.05) is 11.8 Å². The van der Waals surface area contributed by atoms with Crippen LogP contribution in [0.4, 0.5) is 5.69 Å². The Kier molecular flexibility index (Phi) is 3.24. The van der Waals surface area contributed by atoms with Gasteiger partial charge in [-0.3, -0.25) is 4.79 Å². The van der Waals surface area contributed by atoms with Gasteiger partial charge in [-0.2, -0.15) is 0 Å². The van der Waals surface area contributed by atoms with Crippen molar-refractivity contribution in [1.29, 1.82) is 0 Å². The average molecular weight is 246 g/mol. The molecule has 0 radical (unpaired) electrons. The molecule has 0 saturated heterocycles. The number of benzene rings is 1. The molecule has 0 bridgehead atoms. The average Bonchev–Trinajstić information content (AvgIpc) is 2.33. The lowest BCUT2D eigenvalue weighted by Gasteiger charge is -2.05. The molecule has 4 N–H and O–H groups in total. The van der Waals surface area contributed by atoms with Crippen LogP contribution in [0.5, 0.6) is 0 Å². The first-order chi connectivity index (χ1) is 8.16. The Balaban J connectivity index is 2.26. The van der Waals surface area contributed by atoms with Gasteiger partial charge in [0.1, 0.15) is 11.4 Å². The van der Waals surface area contributed by atoms with E-state index in [1.54, 1.807) is 30.5 Å². The van der Waals surface area contributed by atoms with E-state index in [4.69, 9.17) is 11.5 Å². The smallest absolute Gasteiger partial charge is 0.248 e. The first kappa shape index (κ1) is 11.4. The predicted octanol–water partition coefficient (Wildman–Crippen LogP) is 1.31. The summed E-state index contributed by atoms with van der Waals surface area (Å²) in [5.74, 6) is -0.490. The Labute approximate surface area is 102 Å². The number of nitrogens with two attached hydrogens (primary N) is 2. The molecular weight excluding hydrogens is 236 g/mol. The van der Waals surface area contributed by atoms with Crippen molar-refractivity contribution in [3.8, 4) is 0 Å². The fraction of sp³-hybridized carbons (Fsp3) is 0. The molecule has 0 atom stereocenters. The fourth-order valence-corrected chi connectivity index (χ4v) is 2.01. The third-order valence-electron chi connectivity index (χ3n) is 2.06. The molecule has 1 aromatic carbocycles. The van der Waals surface area contributed by atoms with Crippen molar-refractivity contribution in [2.45, 2.75) is 9.92 Å². The predicted molar refractivity (Wildman–Crippen MR) is 65.5 cm³/mol. The monoisotopic (exact) mass is 246 g/mol. The number of carbonyl (C=O) groups excluding carboxylic acids is 1. The summed E-state index contributed by atoms with van der Waals surface area (Å²) in [6, 6.07) is 6.74. The molecule has 0 unspecified atom stereocenters. The van der Waals surface area contributed by atoms with Crippen LogP contribution in [0, 0.1) is 0 Å². The summed E-state index contributed by atoms with van der Waals surface area (Å²) < 4.78 is 0. The number of hydrogen-bond acceptors (Lipinski definition) is 5. The van der Waals surface area contributed by atoms with Crippen LogP contribution in [0.15, 0.2) is 46.7 Å². The largest absolute Gasteiger partial charge is 0.398 e. The molecule has 17 heavy (non-hydrogen) atoms. The maximum Gasteiger partial charge on any atom is 0.248 e. The molecule has 0 aliphatic carbocycles. The van der Waals surface area contributed by atoms with Crippen LogP contribution in [0.2, 0.25) is 0 Å². The number of amides is 1. The molecule has 0 aliphatic heterocycles. The molecule has 86 valence electrons. The van der Waals surface area contributed by atoms with Crippen LogP contribution >= 0.6 is 11.8 Å². The van der Waals surface area contributed by atoms with Gasteiger partial charge in [-0.05, 0) is 24.3 Å². The first-order valence-corrected chi connectivity index (χ1v) is 5.61. The number of hydrogen-bond donors (Lipinski definition) is 2. The summed E-state index contributed by atoms with van der Waals surface area (Å²) in [6.45, 7) is 0. The van der Waals surface area contributed by atoms with Crippen LogP contribution < -0.4 is 11.5 Å². The van der Waals surface area contributed by atoms with E-state index >= 15 is 0 Å². The van der Waals surface area contributed by atoms with Gasteiger partial charge in [-0.25, -0.2) is 9.97 Å². The van der Waals surface area contributed by atoms with Crippen molar-refractivity contribution in [3.63, 3.8) is 0 Å². The second-order valence-electron chi connectivity index (χ2n) is 3.27. The highest BCUT2D eigenvalue weighted by molar-refractivity contribution is 7.99.